The molecule has 0 radical (unpaired) electrons. The Balaban J connectivity index is 1.61. The smallest absolute Gasteiger partial charge is 0.253 e. The van der Waals surface area contributed by atoms with Gasteiger partial charge in [-0.15, -0.1) is 0 Å². The van der Waals surface area contributed by atoms with Gasteiger partial charge < -0.3 is 14.5 Å². The third-order valence-corrected chi connectivity index (χ3v) is 4.10. The monoisotopic (exact) mass is 322 g/mol. The van der Waals surface area contributed by atoms with Gasteiger partial charge in [0, 0.05) is 37.9 Å². The van der Waals surface area contributed by atoms with Crippen LogP contribution in [0.1, 0.15) is 15.9 Å². The van der Waals surface area contributed by atoms with E-state index in [1.807, 2.05) is 11.0 Å². The standard InChI is InChI=1S/C18H18N4O2/c1-24-16-5-3-15(4-6-16)18(23)22-10-8-21(9-11-22)17-7-2-14(12-19)13-20-17/h2-7,13H,8-11H2,1H3. The molecule has 0 N–H and O–H groups in total. The number of benzene rings is 1. The molecule has 24 heavy (non-hydrogen) atoms. The van der Waals surface area contributed by atoms with Gasteiger partial charge in [-0.1, -0.05) is 0 Å². The molecule has 1 saturated heterocycles. The molecule has 122 valence electrons. The van der Waals surface area contributed by atoms with Gasteiger partial charge in [0.25, 0.3) is 5.91 Å². The van der Waals surface area contributed by atoms with Gasteiger partial charge >= 0.3 is 0 Å². The number of nitrogens with zero attached hydrogens (tertiary/aromatic N) is 4. The van der Waals surface area contributed by atoms with Crippen molar-refractivity contribution in [1.82, 2.24) is 9.88 Å². The van der Waals surface area contributed by atoms with Crippen LogP contribution < -0.4 is 9.64 Å². The average molecular weight is 322 g/mol. The van der Waals surface area contributed by atoms with Crippen molar-refractivity contribution >= 4 is 11.7 Å². The van der Waals surface area contributed by atoms with Crippen LogP contribution in [0.2, 0.25) is 0 Å². The quantitative estimate of drug-likeness (QED) is 0.863. The number of piperazine rings is 1. The molecule has 0 aliphatic carbocycles. The average Bonchev–Trinajstić information content (AvgIpc) is 2.68. The molecule has 1 aromatic carbocycles. The highest BCUT2D eigenvalue weighted by molar-refractivity contribution is 5.94. The summed E-state index contributed by atoms with van der Waals surface area (Å²) in [5.41, 5.74) is 1.22. The maximum absolute atomic E-state index is 12.5. The molecule has 2 aromatic rings. The Morgan fingerprint density at radius 2 is 1.83 bits per heavy atom. The van der Waals surface area contributed by atoms with Crippen LogP contribution in [0, 0.1) is 11.3 Å². The van der Waals surface area contributed by atoms with Gasteiger partial charge in [-0.05, 0) is 36.4 Å². The summed E-state index contributed by atoms with van der Waals surface area (Å²) in [5, 5.41) is 8.82. The fourth-order valence-electron chi connectivity index (χ4n) is 2.69. The van der Waals surface area contributed by atoms with E-state index in [1.165, 1.54) is 0 Å². The van der Waals surface area contributed by atoms with Gasteiger partial charge in [0.1, 0.15) is 17.6 Å². The van der Waals surface area contributed by atoms with E-state index in [2.05, 4.69) is 16.0 Å². The van der Waals surface area contributed by atoms with Crippen molar-refractivity contribution < 1.29 is 9.53 Å². The van der Waals surface area contributed by atoms with Crippen LogP contribution in [0.15, 0.2) is 42.6 Å². The number of anilines is 1. The van der Waals surface area contributed by atoms with Crippen molar-refractivity contribution in [3.8, 4) is 11.8 Å². The zero-order valence-corrected chi connectivity index (χ0v) is 13.5. The van der Waals surface area contributed by atoms with Gasteiger partial charge in [0.15, 0.2) is 0 Å². The first-order valence-corrected chi connectivity index (χ1v) is 7.75. The van der Waals surface area contributed by atoms with Crippen LogP contribution in [-0.4, -0.2) is 49.1 Å². The highest BCUT2D eigenvalue weighted by Gasteiger charge is 2.22. The fourth-order valence-corrected chi connectivity index (χ4v) is 2.69. The second-order valence-electron chi connectivity index (χ2n) is 5.52. The molecule has 0 spiro atoms. The van der Waals surface area contributed by atoms with Gasteiger partial charge in [0.2, 0.25) is 0 Å². The third-order valence-electron chi connectivity index (χ3n) is 4.10. The number of hydrogen-bond acceptors (Lipinski definition) is 5. The maximum atomic E-state index is 12.5. The van der Waals surface area contributed by atoms with E-state index < -0.39 is 0 Å². The predicted octanol–water partition coefficient (Wildman–Crippen LogP) is 1.92. The van der Waals surface area contributed by atoms with Crippen molar-refractivity contribution in [3.63, 3.8) is 0 Å². The van der Waals surface area contributed by atoms with Crippen LogP contribution in [0.25, 0.3) is 0 Å². The second-order valence-corrected chi connectivity index (χ2v) is 5.52. The largest absolute Gasteiger partial charge is 0.497 e. The lowest BCUT2D eigenvalue weighted by Crippen LogP contribution is -2.49. The summed E-state index contributed by atoms with van der Waals surface area (Å²) < 4.78 is 5.12. The number of ether oxygens (including phenoxy) is 1. The van der Waals surface area contributed by atoms with Crippen molar-refractivity contribution in [1.29, 1.82) is 5.26 Å². The molecule has 0 atom stereocenters. The Hall–Kier alpha value is -3.07. The van der Waals surface area contributed by atoms with Crippen molar-refractivity contribution in [3.05, 3.63) is 53.7 Å². The minimum absolute atomic E-state index is 0.0325. The van der Waals surface area contributed by atoms with E-state index in [0.29, 0.717) is 24.2 Å². The summed E-state index contributed by atoms with van der Waals surface area (Å²) in [6, 6.07) is 12.8. The van der Waals surface area contributed by atoms with Gasteiger partial charge in [0.05, 0.1) is 12.7 Å². The molecule has 0 bridgehead atoms. The first-order valence-electron chi connectivity index (χ1n) is 7.75. The van der Waals surface area contributed by atoms with Crippen molar-refractivity contribution in [2.75, 3.05) is 38.2 Å². The molecular weight excluding hydrogens is 304 g/mol. The molecule has 6 nitrogen and oxygen atoms in total. The normalized spacial score (nSPS) is 14.2. The minimum atomic E-state index is 0.0325. The molecule has 1 aliphatic heterocycles. The first-order chi connectivity index (χ1) is 11.7. The number of amides is 1. The molecule has 1 aromatic heterocycles. The molecule has 0 saturated carbocycles. The van der Waals surface area contributed by atoms with E-state index in [-0.39, 0.29) is 5.91 Å². The molecule has 1 aliphatic rings. The summed E-state index contributed by atoms with van der Waals surface area (Å²) in [7, 11) is 1.60. The van der Waals surface area contributed by atoms with Gasteiger partial charge in [-0.3, -0.25) is 4.79 Å². The van der Waals surface area contributed by atoms with Crippen LogP contribution >= 0.6 is 0 Å². The molecule has 0 unspecified atom stereocenters. The number of hydrogen-bond donors (Lipinski definition) is 0. The lowest BCUT2D eigenvalue weighted by molar-refractivity contribution is 0.0746. The van der Waals surface area contributed by atoms with Crippen LogP contribution in [0.3, 0.4) is 0 Å². The second kappa shape index (κ2) is 7.01. The number of rotatable bonds is 3. The molecule has 1 fully saturated rings. The molecule has 6 heteroatoms. The van der Waals surface area contributed by atoms with E-state index in [1.54, 1.807) is 43.6 Å². The third kappa shape index (κ3) is 3.30. The van der Waals surface area contributed by atoms with Crippen LogP contribution in [-0.2, 0) is 0 Å². The predicted molar refractivity (Wildman–Crippen MR) is 90.1 cm³/mol. The highest BCUT2D eigenvalue weighted by Crippen LogP contribution is 2.17. The first kappa shape index (κ1) is 15.8. The Morgan fingerprint density at radius 3 is 2.38 bits per heavy atom. The SMILES string of the molecule is COc1ccc(C(=O)N2CCN(c3ccc(C#N)cn3)CC2)cc1. The summed E-state index contributed by atoms with van der Waals surface area (Å²) >= 11 is 0. The Morgan fingerprint density at radius 1 is 1.12 bits per heavy atom. The Bertz CT molecular complexity index is 742. The van der Waals surface area contributed by atoms with E-state index in [0.717, 1.165) is 24.7 Å². The number of carbonyl (C=O) groups is 1. The zero-order valence-electron chi connectivity index (χ0n) is 13.5. The zero-order chi connectivity index (χ0) is 16.9. The lowest BCUT2D eigenvalue weighted by atomic mass is 10.1. The number of carbonyl (C=O) groups excluding carboxylic acids is 1. The summed E-state index contributed by atoms with van der Waals surface area (Å²) in [4.78, 5) is 20.8. The van der Waals surface area contributed by atoms with Gasteiger partial charge in [-0.2, -0.15) is 5.26 Å². The summed E-state index contributed by atoms with van der Waals surface area (Å²) in [6.07, 6.45) is 1.57. The van der Waals surface area contributed by atoms with Gasteiger partial charge in [-0.25, -0.2) is 4.98 Å². The molecule has 1 amide bonds. The molecular formula is C18H18N4O2. The Labute approximate surface area is 140 Å². The fraction of sp³-hybridized carbons (Fsp3) is 0.278. The maximum Gasteiger partial charge on any atom is 0.253 e. The van der Waals surface area contributed by atoms with E-state index in [9.17, 15) is 4.79 Å². The highest BCUT2D eigenvalue weighted by atomic mass is 16.5. The summed E-state index contributed by atoms with van der Waals surface area (Å²) in [5.74, 6) is 1.61. The summed E-state index contributed by atoms with van der Waals surface area (Å²) in [6.45, 7) is 2.74. The number of pyridine rings is 1. The number of methoxy groups -OCH3 is 1. The van der Waals surface area contributed by atoms with E-state index in [4.69, 9.17) is 10.00 Å². The molecule has 3 rings (SSSR count). The van der Waals surface area contributed by atoms with Crippen LogP contribution in [0.5, 0.6) is 5.75 Å². The lowest BCUT2D eigenvalue weighted by Gasteiger charge is -2.35. The van der Waals surface area contributed by atoms with Crippen LogP contribution in [0.4, 0.5) is 5.82 Å². The van der Waals surface area contributed by atoms with Crippen molar-refractivity contribution in [2.24, 2.45) is 0 Å². The molecule has 2 heterocycles. The topological polar surface area (TPSA) is 69.5 Å². The minimum Gasteiger partial charge on any atom is -0.497 e. The Kier molecular flexibility index (Phi) is 4.62. The number of aromatic nitrogens is 1. The number of nitriles is 1. The van der Waals surface area contributed by atoms with Crippen molar-refractivity contribution in [2.45, 2.75) is 0 Å². The van der Waals surface area contributed by atoms with E-state index >= 15 is 0 Å².